The third-order valence-electron chi connectivity index (χ3n) is 2.73. The summed E-state index contributed by atoms with van der Waals surface area (Å²) in [6, 6.07) is -0.464. The second kappa shape index (κ2) is 7.84. The molecule has 2 amide bonds. The zero-order chi connectivity index (χ0) is 15.0. The number of aromatic amines is 1. The van der Waals surface area contributed by atoms with Crippen LogP contribution in [-0.4, -0.2) is 51.8 Å². The molecule has 20 heavy (non-hydrogen) atoms. The summed E-state index contributed by atoms with van der Waals surface area (Å²) in [7, 11) is 0. The lowest BCUT2D eigenvalue weighted by Gasteiger charge is -2.18. The smallest absolute Gasteiger partial charge is 0.323 e. The molecule has 0 bridgehead atoms. The van der Waals surface area contributed by atoms with Crippen molar-refractivity contribution >= 4 is 12.0 Å². The van der Waals surface area contributed by atoms with E-state index in [1.807, 2.05) is 6.92 Å². The number of nitrogens with one attached hydrogen (secondary N) is 2. The van der Waals surface area contributed by atoms with Crippen molar-refractivity contribution in [3.05, 3.63) is 17.5 Å². The molecule has 0 fully saturated rings. The molecule has 0 aliphatic carbocycles. The van der Waals surface area contributed by atoms with Crippen LogP contribution in [0.5, 0.6) is 0 Å². The van der Waals surface area contributed by atoms with Crippen molar-refractivity contribution in [1.82, 2.24) is 20.4 Å². The number of urea groups is 1. The molecule has 0 unspecified atom stereocenters. The average molecular weight is 278 g/mol. The van der Waals surface area contributed by atoms with Gasteiger partial charge in [-0.05, 0) is 25.3 Å². The van der Waals surface area contributed by atoms with Crippen LogP contribution in [0, 0.1) is 19.3 Å². The van der Waals surface area contributed by atoms with E-state index >= 15 is 0 Å². The summed E-state index contributed by atoms with van der Waals surface area (Å²) in [5.74, 6) is 1.17. The minimum absolute atomic E-state index is 0.0288. The van der Waals surface area contributed by atoms with Crippen LogP contribution >= 0.6 is 0 Å². The van der Waals surface area contributed by atoms with Gasteiger partial charge >= 0.3 is 12.0 Å². The van der Waals surface area contributed by atoms with E-state index in [2.05, 4.69) is 21.4 Å². The van der Waals surface area contributed by atoms with E-state index in [0.717, 1.165) is 29.0 Å². The molecule has 1 aromatic heterocycles. The number of aryl methyl sites for hydroxylation is 2. The van der Waals surface area contributed by atoms with Gasteiger partial charge < -0.3 is 15.3 Å². The number of carbonyl (C=O) groups is 2. The first-order valence-electron chi connectivity index (χ1n) is 6.21. The van der Waals surface area contributed by atoms with Gasteiger partial charge in [0.25, 0.3) is 0 Å². The molecule has 1 aromatic rings. The molecule has 0 aliphatic rings. The molecule has 0 atom stereocenters. The molecular weight excluding hydrogens is 260 g/mol. The van der Waals surface area contributed by atoms with Crippen LogP contribution in [0.25, 0.3) is 0 Å². The molecule has 0 aromatic carbocycles. The van der Waals surface area contributed by atoms with E-state index in [1.54, 1.807) is 6.20 Å². The highest BCUT2D eigenvalue weighted by atomic mass is 16.4. The van der Waals surface area contributed by atoms with E-state index in [1.165, 1.54) is 0 Å². The Morgan fingerprint density at radius 3 is 2.90 bits per heavy atom. The third-order valence-corrected chi connectivity index (χ3v) is 2.73. The predicted octanol–water partition coefficient (Wildman–Crippen LogP) is 0.380. The van der Waals surface area contributed by atoms with E-state index in [4.69, 9.17) is 11.5 Å². The fourth-order valence-corrected chi connectivity index (χ4v) is 1.69. The molecule has 3 N–H and O–H groups in total. The highest BCUT2D eigenvalue weighted by Crippen LogP contribution is 2.05. The lowest BCUT2D eigenvalue weighted by Crippen LogP contribution is -2.43. The standard InChI is InChI=1S/C13H18N4O3/c1-3-7-17(9-12(18)19)13(20)14-6-4-5-11-8-15-16-10(11)2/h1,8H,4-7,9H2,2H3,(H,14,20)(H,15,16)(H,18,19). The van der Waals surface area contributed by atoms with Crippen LogP contribution in [0.15, 0.2) is 6.20 Å². The molecule has 0 spiro atoms. The molecule has 7 heteroatoms. The van der Waals surface area contributed by atoms with Crippen molar-refractivity contribution in [3.63, 3.8) is 0 Å². The van der Waals surface area contributed by atoms with Gasteiger partial charge in [0.1, 0.15) is 6.54 Å². The zero-order valence-corrected chi connectivity index (χ0v) is 11.3. The summed E-state index contributed by atoms with van der Waals surface area (Å²) in [5.41, 5.74) is 2.11. The number of H-pyrrole nitrogens is 1. The minimum Gasteiger partial charge on any atom is -0.480 e. The molecule has 0 saturated heterocycles. The summed E-state index contributed by atoms with van der Waals surface area (Å²) in [6.07, 6.45) is 8.39. The first-order chi connectivity index (χ1) is 9.54. The molecule has 7 nitrogen and oxygen atoms in total. The molecule has 108 valence electrons. The maximum Gasteiger partial charge on any atom is 0.323 e. The SMILES string of the molecule is C#CCN(CC(=O)O)C(=O)NCCCc1cn[nH]c1C. The van der Waals surface area contributed by atoms with Gasteiger partial charge in [-0.25, -0.2) is 4.79 Å². The molecule has 0 aliphatic heterocycles. The van der Waals surface area contributed by atoms with Crippen LogP contribution in [0.2, 0.25) is 0 Å². The quantitative estimate of drug-likeness (QED) is 0.496. The Hall–Kier alpha value is -2.49. The van der Waals surface area contributed by atoms with Gasteiger partial charge in [-0.3, -0.25) is 9.89 Å². The minimum atomic E-state index is -1.09. The van der Waals surface area contributed by atoms with Gasteiger partial charge in [0.05, 0.1) is 12.7 Å². The Bertz CT molecular complexity index is 504. The largest absolute Gasteiger partial charge is 0.480 e. The number of hydrogen-bond donors (Lipinski definition) is 3. The van der Waals surface area contributed by atoms with Crippen molar-refractivity contribution in [3.8, 4) is 12.3 Å². The predicted molar refractivity (Wildman–Crippen MR) is 73.1 cm³/mol. The van der Waals surface area contributed by atoms with E-state index in [9.17, 15) is 9.59 Å². The Morgan fingerprint density at radius 2 is 2.35 bits per heavy atom. The monoisotopic (exact) mass is 278 g/mol. The number of carboxylic acid groups (broad SMARTS) is 1. The van der Waals surface area contributed by atoms with Crippen molar-refractivity contribution < 1.29 is 14.7 Å². The van der Waals surface area contributed by atoms with Crippen LogP contribution in [0.4, 0.5) is 4.79 Å². The van der Waals surface area contributed by atoms with Gasteiger partial charge in [-0.2, -0.15) is 5.10 Å². The number of nitrogens with zero attached hydrogens (tertiary/aromatic N) is 2. The lowest BCUT2D eigenvalue weighted by molar-refractivity contribution is -0.137. The Labute approximate surface area is 117 Å². The number of terminal acetylenes is 1. The fourth-order valence-electron chi connectivity index (χ4n) is 1.69. The maximum absolute atomic E-state index is 11.7. The molecule has 1 heterocycles. The van der Waals surface area contributed by atoms with Crippen LogP contribution < -0.4 is 5.32 Å². The summed E-state index contributed by atoms with van der Waals surface area (Å²) >= 11 is 0. The van der Waals surface area contributed by atoms with Gasteiger partial charge in [-0.1, -0.05) is 5.92 Å². The van der Waals surface area contributed by atoms with Gasteiger partial charge in [-0.15, -0.1) is 6.42 Å². The highest BCUT2D eigenvalue weighted by molar-refractivity contribution is 5.80. The average Bonchev–Trinajstić information content (AvgIpc) is 2.79. The second-order valence-electron chi connectivity index (χ2n) is 4.31. The van der Waals surface area contributed by atoms with E-state index < -0.39 is 18.5 Å². The third kappa shape index (κ3) is 5.02. The Morgan fingerprint density at radius 1 is 1.60 bits per heavy atom. The summed E-state index contributed by atoms with van der Waals surface area (Å²) in [4.78, 5) is 23.4. The molecule has 0 radical (unpaired) electrons. The lowest BCUT2D eigenvalue weighted by atomic mass is 10.1. The number of carboxylic acids is 1. The molecule has 1 rings (SSSR count). The van der Waals surface area contributed by atoms with Crippen molar-refractivity contribution in [2.45, 2.75) is 19.8 Å². The zero-order valence-electron chi connectivity index (χ0n) is 11.3. The fraction of sp³-hybridized carbons (Fsp3) is 0.462. The van der Waals surface area contributed by atoms with Gasteiger partial charge in [0.2, 0.25) is 0 Å². The number of amides is 2. The van der Waals surface area contributed by atoms with Crippen molar-refractivity contribution in [1.29, 1.82) is 0 Å². The number of rotatable bonds is 7. The van der Waals surface area contributed by atoms with Crippen LogP contribution in [-0.2, 0) is 11.2 Å². The van der Waals surface area contributed by atoms with Crippen LogP contribution in [0.3, 0.4) is 0 Å². The number of aromatic nitrogens is 2. The number of hydrogen-bond acceptors (Lipinski definition) is 3. The first-order valence-corrected chi connectivity index (χ1v) is 6.21. The first kappa shape index (κ1) is 15.6. The van der Waals surface area contributed by atoms with Crippen LogP contribution in [0.1, 0.15) is 17.7 Å². The van der Waals surface area contributed by atoms with E-state index in [-0.39, 0.29) is 6.54 Å². The van der Waals surface area contributed by atoms with Crippen molar-refractivity contribution in [2.24, 2.45) is 0 Å². The highest BCUT2D eigenvalue weighted by Gasteiger charge is 2.14. The second-order valence-corrected chi connectivity index (χ2v) is 4.31. The number of carbonyl (C=O) groups excluding carboxylic acids is 1. The molecular formula is C13H18N4O3. The Balaban J connectivity index is 2.32. The Kier molecular flexibility index (Phi) is 6.10. The van der Waals surface area contributed by atoms with Crippen molar-refractivity contribution in [2.75, 3.05) is 19.6 Å². The summed E-state index contributed by atoms with van der Waals surface area (Å²) < 4.78 is 0. The van der Waals surface area contributed by atoms with E-state index in [0.29, 0.717) is 6.54 Å². The summed E-state index contributed by atoms with van der Waals surface area (Å²) in [5, 5.41) is 18.1. The topological polar surface area (TPSA) is 98.3 Å². The normalized spacial score (nSPS) is 9.80. The van der Waals surface area contributed by atoms with Gasteiger partial charge in [0.15, 0.2) is 0 Å². The summed E-state index contributed by atoms with van der Waals surface area (Å²) in [6.45, 7) is 1.95. The molecule has 0 saturated carbocycles. The van der Waals surface area contributed by atoms with Gasteiger partial charge in [0, 0.05) is 12.2 Å². The maximum atomic E-state index is 11.7. The number of aliphatic carboxylic acids is 1.